The molecule has 0 fully saturated rings. The number of nitrogen functional groups attached to an aromatic ring is 1. The summed E-state index contributed by atoms with van der Waals surface area (Å²) in [5.74, 6) is 1.34. The maximum absolute atomic E-state index is 8.93. The zero-order valence-electron chi connectivity index (χ0n) is 11.5. The molecule has 5 heteroatoms. The summed E-state index contributed by atoms with van der Waals surface area (Å²) in [5.41, 5.74) is 8.87. The SMILES string of the molecule is COc1ccc(CNc2cc(C#N)cc(C)n2)cc1N. The smallest absolute Gasteiger partial charge is 0.141 e. The standard InChI is InChI=1S/C15H16N4O/c1-10-5-12(8-16)7-15(19-10)18-9-11-3-4-14(20-2)13(17)6-11/h3-7H,9,17H2,1-2H3,(H,18,19). The molecule has 2 rings (SSSR count). The molecule has 0 saturated carbocycles. The second-order valence-corrected chi connectivity index (χ2v) is 4.42. The highest BCUT2D eigenvalue weighted by molar-refractivity contribution is 5.55. The van der Waals surface area contributed by atoms with Crippen LogP contribution in [0.1, 0.15) is 16.8 Å². The van der Waals surface area contributed by atoms with E-state index in [4.69, 9.17) is 15.7 Å². The lowest BCUT2D eigenvalue weighted by atomic mass is 10.2. The molecule has 102 valence electrons. The van der Waals surface area contributed by atoms with Crippen LogP contribution in [-0.4, -0.2) is 12.1 Å². The quantitative estimate of drug-likeness (QED) is 0.832. The Morgan fingerprint density at radius 2 is 2.15 bits per heavy atom. The highest BCUT2D eigenvalue weighted by Gasteiger charge is 2.03. The third-order valence-corrected chi connectivity index (χ3v) is 2.85. The van der Waals surface area contributed by atoms with Crippen molar-refractivity contribution in [1.29, 1.82) is 5.26 Å². The number of nitriles is 1. The summed E-state index contributed by atoms with van der Waals surface area (Å²) in [4.78, 5) is 4.33. The summed E-state index contributed by atoms with van der Waals surface area (Å²) in [6.07, 6.45) is 0. The summed E-state index contributed by atoms with van der Waals surface area (Å²) in [6.45, 7) is 2.44. The fraction of sp³-hybridized carbons (Fsp3) is 0.200. The number of methoxy groups -OCH3 is 1. The van der Waals surface area contributed by atoms with Gasteiger partial charge in [-0.15, -0.1) is 0 Å². The van der Waals surface area contributed by atoms with E-state index in [1.54, 1.807) is 19.2 Å². The van der Waals surface area contributed by atoms with Gasteiger partial charge in [-0.05, 0) is 36.8 Å². The third kappa shape index (κ3) is 3.18. The van der Waals surface area contributed by atoms with Crippen LogP contribution in [0.25, 0.3) is 0 Å². The number of anilines is 2. The van der Waals surface area contributed by atoms with E-state index < -0.39 is 0 Å². The van der Waals surface area contributed by atoms with E-state index in [2.05, 4.69) is 16.4 Å². The lowest BCUT2D eigenvalue weighted by Crippen LogP contribution is -2.03. The number of hydrogen-bond acceptors (Lipinski definition) is 5. The van der Waals surface area contributed by atoms with E-state index in [1.807, 2.05) is 25.1 Å². The molecule has 0 amide bonds. The van der Waals surface area contributed by atoms with Crippen molar-refractivity contribution in [3.05, 3.63) is 47.2 Å². The van der Waals surface area contributed by atoms with Crippen LogP contribution in [0.4, 0.5) is 11.5 Å². The molecule has 0 atom stereocenters. The summed E-state index contributed by atoms with van der Waals surface area (Å²) in [5, 5.41) is 12.1. The van der Waals surface area contributed by atoms with Crippen LogP contribution in [-0.2, 0) is 6.54 Å². The zero-order chi connectivity index (χ0) is 14.5. The zero-order valence-corrected chi connectivity index (χ0v) is 11.5. The molecular formula is C15H16N4O. The highest BCUT2D eigenvalue weighted by atomic mass is 16.5. The molecule has 0 bridgehead atoms. The van der Waals surface area contributed by atoms with Gasteiger partial charge in [0.05, 0.1) is 24.4 Å². The van der Waals surface area contributed by atoms with Gasteiger partial charge in [0.25, 0.3) is 0 Å². The molecule has 0 saturated heterocycles. The summed E-state index contributed by atoms with van der Waals surface area (Å²) < 4.78 is 5.11. The van der Waals surface area contributed by atoms with Crippen molar-refractivity contribution in [2.24, 2.45) is 0 Å². The van der Waals surface area contributed by atoms with Crippen molar-refractivity contribution < 1.29 is 4.74 Å². The van der Waals surface area contributed by atoms with Crippen LogP contribution >= 0.6 is 0 Å². The first-order valence-corrected chi connectivity index (χ1v) is 6.17. The van der Waals surface area contributed by atoms with Crippen molar-refractivity contribution >= 4 is 11.5 Å². The molecule has 5 nitrogen and oxygen atoms in total. The van der Waals surface area contributed by atoms with Crippen LogP contribution in [0.5, 0.6) is 5.75 Å². The number of aromatic nitrogens is 1. The molecule has 1 aromatic carbocycles. The molecule has 2 aromatic rings. The van der Waals surface area contributed by atoms with E-state index in [1.165, 1.54) is 0 Å². The second-order valence-electron chi connectivity index (χ2n) is 4.42. The van der Waals surface area contributed by atoms with Gasteiger partial charge in [0.1, 0.15) is 11.6 Å². The molecule has 3 N–H and O–H groups in total. The Balaban J connectivity index is 2.11. The first-order valence-electron chi connectivity index (χ1n) is 6.17. The molecule has 1 heterocycles. The Kier molecular flexibility index (Phi) is 4.06. The van der Waals surface area contributed by atoms with E-state index >= 15 is 0 Å². The Morgan fingerprint density at radius 3 is 2.80 bits per heavy atom. The van der Waals surface area contributed by atoms with Gasteiger partial charge in [-0.1, -0.05) is 6.07 Å². The van der Waals surface area contributed by atoms with Crippen molar-refractivity contribution in [2.45, 2.75) is 13.5 Å². The molecule has 0 aliphatic rings. The minimum Gasteiger partial charge on any atom is -0.495 e. The minimum absolute atomic E-state index is 0.579. The van der Waals surface area contributed by atoms with Gasteiger partial charge in [-0.25, -0.2) is 4.98 Å². The largest absolute Gasteiger partial charge is 0.495 e. The molecule has 0 aliphatic carbocycles. The number of nitrogens with one attached hydrogen (secondary N) is 1. The summed E-state index contributed by atoms with van der Waals surface area (Å²) in [6, 6.07) is 11.2. The van der Waals surface area contributed by atoms with E-state index in [-0.39, 0.29) is 0 Å². The number of nitrogens with zero attached hydrogens (tertiary/aromatic N) is 2. The monoisotopic (exact) mass is 268 g/mol. The predicted octanol–water partition coefficient (Wildman–Crippen LogP) is 2.46. The number of ether oxygens (including phenoxy) is 1. The maximum Gasteiger partial charge on any atom is 0.141 e. The number of nitrogens with two attached hydrogens (primary N) is 1. The van der Waals surface area contributed by atoms with Crippen molar-refractivity contribution in [3.8, 4) is 11.8 Å². The lowest BCUT2D eigenvalue weighted by molar-refractivity contribution is 0.417. The van der Waals surface area contributed by atoms with Crippen molar-refractivity contribution in [3.63, 3.8) is 0 Å². The topological polar surface area (TPSA) is 84.0 Å². The number of aryl methyl sites for hydroxylation is 1. The Morgan fingerprint density at radius 1 is 1.35 bits per heavy atom. The van der Waals surface area contributed by atoms with E-state index in [0.717, 1.165) is 11.3 Å². The third-order valence-electron chi connectivity index (χ3n) is 2.85. The van der Waals surface area contributed by atoms with Gasteiger partial charge >= 0.3 is 0 Å². The Bertz CT molecular complexity index is 661. The number of hydrogen-bond donors (Lipinski definition) is 2. The van der Waals surface area contributed by atoms with Crippen LogP contribution in [0.2, 0.25) is 0 Å². The average molecular weight is 268 g/mol. The molecule has 0 spiro atoms. The van der Waals surface area contributed by atoms with Gasteiger partial charge < -0.3 is 15.8 Å². The summed E-state index contributed by atoms with van der Waals surface area (Å²) in [7, 11) is 1.59. The molecule has 1 aromatic heterocycles. The Hall–Kier alpha value is -2.74. The van der Waals surface area contributed by atoms with E-state index in [0.29, 0.717) is 29.4 Å². The van der Waals surface area contributed by atoms with Crippen molar-refractivity contribution in [1.82, 2.24) is 4.98 Å². The van der Waals surface area contributed by atoms with Crippen LogP contribution in [0.15, 0.2) is 30.3 Å². The predicted molar refractivity (Wildman–Crippen MR) is 78.4 cm³/mol. The van der Waals surface area contributed by atoms with Gasteiger partial charge in [-0.2, -0.15) is 5.26 Å². The van der Waals surface area contributed by atoms with Crippen molar-refractivity contribution in [2.75, 3.05) is 18.2 Å². The highest BCUT2D eigenvalue weighted by Crippen LogP contribution is 2.22. The summed E-state index contributed by atoms with van der Waals surface area (Å²) >= 11 is 0. The maximum atomic E-state index is 8.93. The molecular weight excluding hydrogens is 252 g/mol. The fourth-order valence-corrected chi connectivity index (χ4v) is 1.91. The van der Waals surface area contributed by atoms with Gasteiger partial charge in [0, 0.05) is 12.2 Å². The number of pyridine rings is 1. The average Bonchev–Trinajstić information content (AvgIpc) is 2.44. The van der Waals surface area contributed by atoms with Gasteiger partial charge in [0.2, 0.25) is 0 Å². The minimum atomic E-state index is 0.579. The normalized spacial score (nSPS) is 9.85. The lowest BCUT2D eigenvalue weighted by Gasteiger charge is -2.09. The molecule has 0 aliphatic heterocycles. The van der Waals surface area contributed by atoms with Gasteiger partial charge in [0.15, 0.2) is 0 Å². The number of rotatable bonds is 4. The van der Waals surface area contributed by atoms with Crippen LogP contribution in [0, 0.1) is 18.3 Å². The Labute approximate surface area is 118 Å². The molecule has 0 unspecified atom stereocenters. The number of benzene rings is 1. The van der Waals surface area contributed by atoms with E-state index in [9.17, 15) is 0 Å². The second kappa shape index (κ2) is 5.93. The first-order chi connectivity index (χ1) is 9.62. The molecule has 20 heavy (non-hydrogen) atoms. The fourth-order valence-electron chi connectivity index (χ4n) is 1.91. The van der Waals surface area contributed by atoms with Gasteiger partial charge in [-0.3, -0.25) is 0 Å². The molecule has 0 radical (unpaired) electrons. The first kappa shape index (κ1) is 13.7. The van der Waals surface area contributed by atoms with Crippen LogP contribution < -0.4 is 15.8 Å². The van der Waals surface area contributed by atoms with Crippen LogP contribution in [0.3, 0.4) is 0 Å².